The van der Waals surface area contributed by atoms with Gasteiger partial charge in [-0.05, 0) is 49.4 Å². The summed E-state index contributed by atoms with van der Waals surface area (Å²) in [5.41, 5.74) is 2.88. The van der Waals surface area contributed by atoms with E-state index >= 15 is 0 Å². The van der Waals surface area contributed by atoms with Crippen molar-refractivity contribution in [1.82, 2.24) is 9.80 Å². The lowest BCUT2D eigenvalue weighted by atomic mass is 9.99. The smallest absolute Gasteiger partial charge is 0.232 e. The first kappa shape index (κ1) is 19.2. The number of nitrogens with zero attached hydrogens (tertiary/aromatic N) is 2. The van der Waals surface area contributed by atoms with Gasteiger partial charge in [0.15, 0.2) is 5.76 Å². The molecule has 6 heteroatoms. The van der Waals surface area contributed by atoms with Gasteiger partial charge in [-0.2, -0.15) is 0 Å². The highest BCUT2D eigenvalue weighted by Crippen LogP contribution is 2.42. The number of phenolic OH excluding ortho intramolecular Hbond substituents is 1. The summed E-state index contributed by atoms with van der Waals surface area (Å²) in [6.07, 6.45) is 1.75. The van der Waals surface area contributed by atoms with Gasteiger partial charge in [0.2, 0.25) is 5.78 Å². The Hall–Kier alpha value is -2.15. The van der Waals surface area contributed by atoms with E-state index in [1.165, 1.54) is 0 Å². The minimum absolute atomic E-state index is 0.130. The molecular weight excluding hydrogens is 420 g/mol. The first-order valence-corrected chi connectivity index (χ1v) is 10.2. The molecule has 146 valence electrons. The highest BCUT2D eigenvalue weighted by molar-refractivity contribution is 9.10. The van der Waals surface area contributed by atoms with Crippen molar-refractivity contribution in [2.24, 2.45) is 0 Å². The number of likely N-dealkylation sites (N-methyl/N-ethyl adjacent to an activating group) is 1. The van der Waals surface area contributed by atoms with Crippen LogP contribution in [0.4, 0.5) is 0 Å². The number of hydrogen-bond donors (Lipinski definition) is 1. The van der Waals surface area contributed by atoms with Crippen molar-refractivity contribution in [3.05, 3.63) is 62.8 Å². The van der Waals surface area contributed by atoms with Gasteiger partial charge in [0.05, 0.1) is 11.1 Å². The summed E-state index contributed by atoms with van der Waals surface area (Å²) in [6, 6.07) is 9.37. The molecule has 2 heterocycles. The van der Waals surface area contributed by atoms with E-state index < -0.39 is 0 Å². The zero-order chi connectivity index (χ0) is 19.8. The number of allylic oxidation sites excluding steroid dienone is 1. The summed E-state index contributed by atoms with van der Waals surface area (Å²) in [6.45, 7) is 6.23. The highest BCUT2D eigenvalue weighted by Gasteiger charge is 2.33. The number of ketones is 1. The van der Waals surface area contributed by atoms with E-state index in [-0.39, 0.29) is 11.5 Å². The van der Waals surface area contributed by atoms with Gasteiger partial charge in [-0.15, -0.1) is 0 Å². The number of aryl methyl sites for hydroxylation is 1. The van der Waals surface area contributed by atoms with Crippen LogP contribution < -0.4 is 4.74 Å². The van der Waals surface area contributed by atoms with E-state index in [1.54, 1.807) is 12.1 Å². The Balaban J connectivity index is 1.66. The summed E-state index contributed by atoms with van der Waals surface area (Å²) in [7, 11) is 2.11. The fourth-order valence-electron chi connectivity index (χ4n) is 3.67. The summed E-state index contributed by atoms with van der Waals surface area (Å²) in [4.78, 5) is 17.6. The normalized spacial score (nSPS) is 19.1. The SMILES string of the molecule is Cc1cc(O)c(CN2CCN(C)CC2)c2c1C(=O)/C(=C/c1ccc(Br)cc1)O2. The molecule has 0 aliphatic carbocycles. The molecule has 0 unspecified atom stereocenters. The molecular formula is C22H23BrN2O3. The maximum atomic E-state index is 13.0. The predicted molar refractivity (Wildman–Crippen MR) is 113 cm³/mol. The monoisotopic (exact) mass is 442 g/mol. The highest BCUT2D eigenvalue weighted by atomic mass is 79.9. The minimum Gasteiger partial charge on any atom is -0.507 e. The van der Waals surface area contributed by atoms with Crippen LogP contribution in [0, 0.1) is 6.92 Å². The molecule has 0 amide bonds. The number of halogens is 1. The number of phenols is 1. The Labute approximate surface area is 173 Å². The number of aromatic hydroxyl groups is 1. The van der Waals surface area contributed by atoms with E-state index in [2.05, 4.69) is 32.8 Å². The maximum absolute atomic E-state index is 13.0. The number of benzene rings is 2. The molecule has 0 bridgehead atoms. The third-order valence-corrected chi connectivity index (χ3v) is 5.89. The third kappa shape index (κ3) is 3.72. The van der Waals surface area contributed by atoms with Gasteiger partial charge >= 0.3 is 0 Å². The Morgan fingerprint density at radius 2 is 1.86 bits per heavy atom. The van der Waals surface area contributed by atoms with Crippen LogP contribution in [0.25, 0.3) is 6.08 Å². The lowest BCUT2D eigenvalue weighted by molar-refractivity contribution is 0.101. The van der Waals surface area contributed by atoms with Crippen molar-refractivity contribution in [2.45, 2.75) is 13.5 Å². The zero-order valence-corrected chi connectivity index (χ0v) is 17.6. The molecule has 0 atom stereocenters. The number of piperazine rings is 1. The van der Waals surface area contributed by atoms with Crippen molar-refractivity contribution in [2.75, 3.05) is 33.2 Å². The first-order chi connectivity index (χ1) is 13.4. The standard InChI is InChI=1S/C22H23BrN2O3/c1-14-11-18(26)17(13-25-9-7-24(2)8-10-25)22-20(14)21(27)19(28-22)12-15-3-5-16(23)6-4-15/h3-6,11-12,26H,7-10,13H2,1-2H3/b19-12-. The van der Waals surface area contributed by atoms with E-state index in [9.17, 15) is 9.90 Å². The number of carbonyl (C=O) groups is 1. The lowest BCUT2D eigenvalue weighted by Gasteiger charge is -2.32. The van der Waals surface area contributed by atoms with Gasteiger partial charge in [0, 0.05) is 37.2 Å². The lowest BCUT2D eigenvalue weighted by Crippen LogP contribution is -2.43. The molecule has 2 aromatic rings. The van der Waals surface area contributed by atoms with Gasteiger partial charge in [-0.1, -0.05) is 28.1 Å². The Morgan fingerprint density at radius 3 is 2.54 bits per heavy atom. The van der Waals surface area contributed by atoms with Crippen LogP contribution >= 0.6 is 15.9 Å². The van der Waals surface area contributed by atoms with E-state index in [0.29, 0.717) is 29.2 Å². The van der Waals surface area contributed by atoms with Gasteiger partial charge in [0.1, 0.15) is 11.5 Å². The summed E-state index contributed by atoms with van der Waals surface area (Å²) in [5.74, 6) is 0.860. The molecule has 1 saturated heterocycles. The first-order valence-electron chi connectivity index (χ1n) is 9.38. The van der Waals surface area contributed by atoms with Gasteiger partial charge in [-0.3, -0.25) is 9.69 Å². The van der Waals surface area contributed by atoms with E-state index in [0.717, 1.165) is 41.8 Å². The van der Waals surface area contributed by atoms with Crippen LogP contribution in [0.3, 0.4) is 0 Å². The summed E-state index contributed by atoms with van der Waals surface area (Å²) < 4.78 is 6.99. The number of ether oxygens (including phenoxy) is 1. The number of rotatable bonds is 3. The van der Waals surface area contributed by atoms with Crippen LogP contribution in [0.1, 0.15) is 27.0 Å². The van der Waals surface area contributed by atoms with Crippen LogP contribution in [0.2, 0.25) is 0 Å². The second-order valence-electron chi connectivity index (χ2n) is 7.47. The molecule has 0 saturated carbocycles. The zero-order valence-electron chi connectivity index (χ0n) is 16.0. The van der Waals surface area contributed by atoms with E-state index in [1.807, 2.05) is 31.2 Å². The molecule has 2 aromatic carbocycles. The largest absolute Gasteiger partial charge is 0.507 e. The molecule has 28 heavy (non-hydrogen) atoms. The molecule has 5 nitrogen and oxygen atoms in total. The molecule has 2 aliphatic heterocycles. The fraction of sp³-hybridized carbons (Fsp3) is 0.318. The van der Waals surface area contributed by atoms with Gasteiger partial charge in [-0.25, -0.2) is 0 Å². The molecule has 1 fully saturated rings. The fourth-order valence-corrected chi connectivity index (χ4v) is 3.94. The Bertz CT molecular complexity index is 945. The van der Waals surface area contributed by atoms with Gasteiger partial charge in [0.25, 0.3) is 0 Å². The number of fused-ring (bicyclic) bond motifs is 1. The summed E-state index contributed by atoms with van der Waals surface area (Å²) in [5, 5.41) is 10.6. The van der Waals surface area contributed by atoms with Crippen molar-refractivity contribution in [1.29, 1.82) is 0 Å². The van der Waals surface area contributed by atoms with Crippen LogP contribution in [0.15, 0.2) is 40.6 Å². The molecule has 2 aliphatic rings. The Kier molecular flexibility index (Phi) is 5.27. The topological polar surface area (TPSA) is 53.0 Å². The van der Waals surface area contributed by atoms with Crippen molar-refractivity contribution < 1.29 is 14.6 Å². The maximum Gasteiger partial charge on any atom is 0.232 e. The number of hydrogen-bond acceptors (Lipinski definition) is 5. The Morgan fingerprint density at radius 1 is 1.18 bits per heavy atom. The molecule has 0 spiro atoms. The van der Waals surface area contributed by atoms with E-state index in [4.69, 9.17) is 4.74 Å². The number of carbonyl (C=O) groups excluding carboxylic acids is 1. The molecule has 0 aromatic heterocycles. The second-order valence-corrected chi connectivity index (χ2v) is 8.38. The predicted octanol–water partition coefficient (Wildman–Crippen LogP) is 3.83. The number of Topliss-reactive ketones (excluding diaryl/α,β-unsaturated/α-hetero) is 1. The van der Waals surface area contributed by atoms with Crippen molar-refractivity contribution >= 4 is 27.8 Å². The molecule has 0 radical (unpaired) electrons. The van der Waals surface area contributed by atoms with Crippen molar-refractivity contribution in [3.63, 3.8) is 0 Å². The van der Waals surface area contributed by atoms with Crippen LogP contribution in [-0.2, 0) is 6.54 Å². The van der Waals surface area contributed by atoms with Crippen LogP contribution in [-0.4, -0.2) is 53.9 Å². The van der Waals surface area contributed by atoms with Crippen molar-refractivity contribution in [3.8, 4) is 11.5 Å². The van der Waals surface area contributed by atoms with Crippen LogP contribution in [0.5, 0.6) is 11.5 Å². The summed E-state index contributed by atoms with van der Waals surface area (Å²) >= 11 is 3.42. The second kappa shape index (κ2) is 7.70. The molecule has 4 rings (SSSR count). The van der Waals surface area contributed by atoms with Gasteiger partial charge < -0.3 is 14.7 Å². The average molecular weight is 443 g/mol. The minimum atomic E-state index is -0.130. The third-order valence-electron chi connectivity index (χ3n) is 5.37. The quantitative estimate of drug-likeness (QED) is 0.731. The molecule has 1 N–H and O–H groups in total. The average Bonchev–Trinajstić information content (AvgIpc) is 2.99.